The second-order valence-electron chi connectivity index (χ2n) is 6.87. The van der Waals surface area contributed by atoms with Gasteiger partial charge in [0.15, 0.2) is 6.29 Å². The van der Waals surface area contributed by atoms with Crippen molar-refractivity contribution in [1.29, 1.82) is 0 Å². The number of carbonyl (C=O) groups excluding carboxylic acids is 2. The molecule has 1 saturated heterocycles. The van der Waals surface area contributed by atoms with Crippen LogP contribution in [0.3, 0.4) is 0 Å². The van der Waals surface area contributed by atoms with Crippen molar-refractivity contribution in [3.05, 3.63) is 35.9 Å². The maximum atomic E-state index is 12.6. The summed E-state index contributed by atoms with van der Waals surface area (Å²) in [6.07, 6.45) is -0.468. The summed E-state index contributed by atoms with van der Waals surface area (Å²) in [5, 5.41) is 0. The molecular weight excluding hydrogens is 282 g/mol. The van der Waals surface area contributed by atoms with Gasteiger partial charge in [-0.25, -0.2) is 4.79 Å². The highest BCUT2D eigenvalue weighted by molar-refractivity contribution is 5.72. The van der Waals surface area contributed by atoms with Gasteiger partial charge < -0.3 is 14.3 Å². The normalized spacial score (nSPS) is 24.1. The second-order valence-corrected chi connectivity index (χ2v) is 6.87. The average molecular weight is 305 g/mol. The highest BCUT2D eigenvalue weighted by Crippen LogP contribution is 2.41. The standard InChI is InChI=1S/C17H23NO4/c1-16(2,3)22-15(20)18-14(12-9-7-6-8-10-12)13(11-19)21-17(18,4)5/h6-11,13-14H,1-5H3/t13-,14-/m0/s1. The van der Waals surface area contributed by atoms with Gasteiger partial charge in [-0.05, 0) is 40.2 Å². The summed E-state index contributed by atoms with van der Waals surface area (Å²) in [4.78, 5) is 25.6. The number of amides is 1. The Morgan fingerprint density at radius 3 is 2.36 bits per heavy atom. The molecule has 5 heteroatoms. The fourth-order valence-electron chi connectivity index (χ4n) is 2.67. The third kappa shape index (κ3) is 3.30. The van der Waals surface area contributed by atoms with Crippen LogP contribution in [0.25, 0.3) is 0 Å². The first-order valence-electron chi connectivity index (χ1n) is 7.36. The quantitative estimate of drug-likeness (QED) is 0.787. The van der Waals surface area contributed by atoms with Gasteiger partial charge in [0.05, 0.1) is 6.04 Å². The lowest BCUT2D eigenvalue weighted by atomic mass is 10.0. The van der Waals surface area contributed by atoms with Crippen molar-refractivity contribution in [3.63, 3.8) is 0 Å². The fraction of sp³-hybridized carbons (Fsp3) is 0.529. The molecule has 0 aliphatic carbocycles. The van der Waals surface area contributed by atoms with Crippen molar-refractivity contribution < 1.29 is 19.1 Å². The van der Waals surface area contributed by atoms with Gasteiger partial charge in [-0.3, -0.25) is 4.90 Å². The predicted octanol–water partition coefficient (Wildman–Crippen LogP) is 3.30. The third-order valence-corrected chi connectivity index (χ3v) is 3.46. The Labute approximate surface area is 131 Å². The first kappa shape index (κ1) is 16.5. The number of ether oxygens (including phenoxy) is 2. The minimum atomic E-state index is -0.922. The minimum Gasteiger partial charge on any atom is -0.444 e. The summed E-state index contributed by atoms with van der Waals surface area (Å²) in [6, 6.07) is 8.89. The van der Waals surface area contributed by atoms with Gasteiger partial charge in [0, 0.05) is 0 Å². The molecule has 0 spiro atoms. The molecule has 0 bridgehead atoms. The van der Waals surface area contributed by atoms with Gasteiger partial charge in [0.25, 0.3) is 0 Å². The molecule has 1 aromatic rings. The van der Waals surface area contributed by atoms with E-state index >= 15 is 0 Å². The minimum absolute atomic E-state index is 0.490. The first-order chi connectivity index (χ1) is 10.2. The Kier molecular flexibility index (Phi) is 4.29. The molecule has 1 heterocycles. The summed E-state index contributed by atoms with van der Waals surface area (Å²) in [5.41, 5.74) is -0.696. The van der Waals surface area contributed by atoms with Crippen molar-refractivity contribution in [3.8, 4) is 0 Å². The zero-order valence-electron chi connectivity index (χ0n) is 13.7. The molecule has 0 unspecified atom stereocenters. The van der Waals surface area contributed by atoms with Gasteiger partial charge >= 0.3 is 6.09 Å². The number of carbonyl (C=O) groups is 2. The third-order valence-electron chi connectivity index (χ3n) is 3.46. The number of aldehydes is 1. The van der Waals surface area contributed by atoms with E-state index in [4.69, 9.17) is 9.47 Å². The summed E-state index contributed by atoms with van der Waals surface area (Å²) in [7, 11) is 0. The van der Waals surface area contributed by atoms with Crippen LogP contribution in [0.5, 0.6) is 0 Å². The molecule has 120 valence electrons. The van der Waals surface area contributed by atoms with Gasteiger partial charge in [-0.1, -0.05) is 30.3 Å². The number of benzene rings is 1. The molecule has 1 aromatic carbocycles. The van der Waals surface area contributed by atoms with Gasteiger partial charge in [0.2, 0.25) is 0 Å². The molecule has 2 rings (SSSR count). The Balaban J connectivity index is 2.41. The molecule has 1 amide bonds. The number of nitrogens with zero attached hydrogens (tertiary/aromatic N) is 1. The van der Waals surface area contributed by atoms with E-state index in [2.05, 4.69) is 0 Å². The van der Waals surface area contributed by atoms with E-state index in [-0.39, 0.29) is 0 Å². The molecular formula is C17H23NO4. The Hall–Kier alpha value is -1.88. The monoisotopic (exact) mass is 305 g/mol. The maximum Gasteiger partial charge on any atom is 0.413 e. The van der Waals surface area contributed by atoms with Crippen molar-refractivity contribution >= 4 is 12.4 Å². The van der Waals surface area contributed by atoms with Crippen LogP contribution >= 0.6 is 0 Å². The fourth-order valence-corrected chi connectivity index (χ4v) is 2.67. The van der Waals surface area contributed by atoms with Crippen LogP contribution in [0.15, 0.2) is 30.3 Å². The molecule has 5 nitrogen and oxygen atoms in total. The molecule has 2 atom stereocenters. The van der Waals surface area contributed by atoms with Crippen LogP contribution < -0.4 is 0 Å². The zero-order chi connectivity index (χ0) is 16.5. The lowest BCUT2D eigenvalue weighted by molar-refractivity contribution is -0.124. The van der Waals surface area contributed by atoms with Crippen LogP contribution in [0.2, 0.25) is 0 Å². The van der Waals surface area contributed by atoms with Crippen molar-refractivity contribution in [2.24, 2.45) is 0 Å². The Morgan fingerprint density at radius 2 is 1.86 bits per heavy atom. The molecule has 0 saturated carbocycles. The van der Waals surface area contributed by atoms with Crippen LogP contribution in [-0.2, 0) is 14.3 Å². The number of hydrogen-bond acceptors (Lipinski definition) is 4. The lowest BCUT2D eigenvalue weighted by Gasteiger charge is -2.35. The van der Waals surface area contributed by atoms with Gasteiger partial charge in [-0.15, -0.1) is 0 Å². The summed E-state index contributed by atoms with van der Waals surface area (Å²) in [5.74, 6) is 0. The van der Waals surface area contributed by atoms with Gasteiger partial charge in [0.1, 0.15) is 17.4 Å². The summed E-state index contributed by atoms with van der Waals surface area (Å²) >= 11 is 0. The van der Waals surface area contributed by atoms with Crippen LogP contribution in [0, 0.1) is 0 Å². The summed E-state index contributed by atoms with van der Waals surface area (Å²) < 4.78 is 11.3. The molecule has 0 aromatic heterocycles. The first-order valence-corrected chi connectivity index (χ1v) is 7.36. The van der Waals surface area contributed by atoms with Crippen LogP contribution in [0.4, 0.5) is 4.79 Å². The largest absolute Gasteiger partial charge is 0.444 e. The van der Waals surface area contributed by atoms with Crippen molar-refractivity contribution in [1.82, 2.24) is 4.90 Å². The highest BCUT2D eigenvalue weighted by atomic mass is 16.6. The maximum absolute atomic E-state index is 12.6. The van der Waals surface area contributed by atoms with E-state index in [1.807, 2.05) is 51.1 Å². The SMILES string of the molecule is CC(C)(C)OC(=O)N1[C@@H](c2ccccc2)[C@H](C=O)OC1(C)C. The predicted molar refractivity (Wildman–Crippen MR) is 82.3 cm³/mol. The van der Waals surface area contributed by atoms with Crippen LogP contribution in [-0.4, -0.2) is 34.7 Å². The van der Waals surface area contributed by atoms with E-state index in [0.717, 1.165) is 11.8 Å². The van der Waals surface area contributed by atoms with Crippen molar-refractivity contribution in [2.45, 2.75) is 58.1 Å². The smallest absolute Gasteiger partial charge is 0.413 e. The van der Waals surface area contributed by atoms with E-state index in [1.54, 1.807) is 13.8 Å². The topological polar surface area (TPSA) is 55.8 Å². The van der Waals surface area contributed by atoms with E-state index < -0.39 is 29.6 Å². The molecule has 1 aliphatic rings. The second kappa shape index (κ2) is 5.72. The van der Waals surface area contributed by atoms with E-state index in [1.165, 1.54) is 4.90 Å². The lowest BCUT2D eigenvalue weighted by Crippen LogP contribution is -2.47. The number of hydrogen-bond donors (Lipinski definition) is 0. The molecule has 22 heavy (non-hydrogen) atoms. The van der Waals surface area contributed by atoms with Crippen molar-refractivity contribution in [2.75, 3.05) is 0 Å². The molecule has 0 radical (unpaired) electrons. The molecule has 1 aliphatic heterocycles. The Bertz CT molecular complexity index is 548. The average Bonchev–Trinajstić information content (AvgIpc) is 2.69. The molecule has 0 N–H and O–H groups in total. The number of rotatable bonds is 2. The molecule has 1 fully saturated rings. The van der Waals surface area contributed by atoms with Gasteiger partial charge in [-0.2, -0.15) is 0 Å². The highest BCUT2D eigenvalue weighted by Gasteiger charge is 2.51. The summed E-state index contributed by atoms with van der Waals surface area (Å²) in [6.45, 7) is 8.95. The Morgan fingerprint density at radius 1 is 1.27 bits per heavy atom. The zero-order valence-corrected chi connectivity index (χ0v) is 13.7. The van der Waals surface area contributed by atoms with E-state index in [9.17, 15) is 9.59 Å². The van der Waals surface area contributed by atoms with Crippen LogP contribution in [0.1, 0.15) is 46.2 Å². The van der Waals surface area contributed by atoms with E-state index in [0.29, 0.717) is 0 Å².